The number of ether oxygens (including phenoxy) is 4. The first-order valence-electron chi connectivity index (χ1n) is 30.9. The van der Waals surface area contributed by atoms with Crippen LogP contribution in [0.15, 0.2) is 34.9 Å². The number of carbonyl (C=O) groups excluding carboxylic acids is 1. The van der Waals surface area contributed by atoms with E-state index in [1.54, 1.807) is 0 Å². The number of carboxylic acid groups (broad SMARTS) is 1. The van der Waals surface area contributed by atoms with Crippen LogP contribution in [0.25, 0.3) is 10.8 Å². The first kappa shape index (κ1) is 52.2. The molecule has 8 saturated carbocycles. The first-order valence-corrected chi connectivity index (χ1v) is 30.9. The van der Waals surface area contributed by atoms with Crippen LogP contribution in [0.3, 0.4) is 0 Å². The highest BCUT2D eigenvalue weighted by atomic mass is 16.7. The molecule has 4 heterocycles. The summed E-state index contributed by atoms with van der Waals surface area (Å²) in [5, 5.41) is 82.1. The van der Waals surface area contributed by atoms with E-state index in [0.29, 0.717) is 49.7 Å². The molecule has 0 radical (unpaired) electrons. The molecule has 0 unspecified atom stereocenters. The Balaban J connectivity index is 0.862. The van der Waals surface area contributed by atoms with E-state index < -0.39 is 76.6 Å². The predicted molar refractivity (Wildman–Crippen MR) is 290 cm³/mol. The van der Waals surface area contributed by atoms with Crippen molar-refractivity contribution in [3.05, 3.63) is 51.6 Å². The number of carbonyl (C=O) groups is 2. The van der Waals surface area contributed by atoms with Crippen molar-refractivity contribution < 1.29 is 64.3 Å². The Morgan fingerprint density at radius 2 is 1.67 bits per heavy atom. The van der Waals surface area contributed by atoms with E-state index in [2.05, 4.69) is 16.9 Å². The number of hydrogen-bond acceptors (Lipinski definition) is 14. The summed E-state index contributed by atoms with van der Waals surface area (Å²) in [6, 6.07) is 2.60. The topological polar surface area (TPSA) is 237 Å². The van der Waals surface area contributed by atoms with Crippen molar-refractivity contribution in [3.63, 3.8) is 0 Å². The van der Waals surface area contributed by atoms with Crippen LogP contribution in [0.1, 0.15) is 187 Å². The van der Waals surface area contributed by atoms with Crippen LogP contribution in [0, 0.1) is 63.6 Å². The lowest BCUT2D eigenvalue weighted by atomic mass is 9.38. The molecular weight excluding hydrogens is 1000 g/mol. The van der Waals surface area contributed by atoms with Crippen LogP contribution in [-0.2, 0) is 14.2 Å². The number of hydrazine groups is 1. The fraction of sp³-hybridized carbons (Fsp3) is 0.750. The monoisotopic (exact) mass is 1090 g/mol. The normalized spacial score (nSPS) is 45.8. The van der Waals surface area contributed by atoms with Gasteiger partial charge in [-0.25, -0.2) is 4.79 Å². The van der Waals surface area contributed by atoms with Gasteiger partial charge in [0.1, 0.15) is 41.2 Å². The third-order valence-corrected chi connectivity index (χ3v) is 25.9. The van der Waals surface area contributed by atoms with Crippen LogP contribution in [0.5, 0.6) is 17.2 Å². The van der Waals surface area contributed by atoms with Gasteiger partial charge in [0, 0.05) is 47.1 Å². The Hall–Kier alpha value is -3.64. The average molecular weight is 1090 g/mol. The minimum absolute atomic E-state index is 0.0410. The Bertz CT molecular complexity index is 2980. The number of aliphatic hydroxyl groups excluding tert-OH is 4. The van der Waals surface area contributed by atoms with Gasteiger partial charge in [-0.15, -0.1) is 0 Å². The number of hydrogen-bond donors (Lipinski definition) is 9. The van der Waals surface area contributed by atoms with Crippen LogP contribution < -0.4 is 15.6 Å². The van der Waals surface area contributed by atoms with Gasteiger partial charge in [0.05, 0.1) is 35.3 Å². The molecule has 2 aromatic carbocycles. The molecule has 79 heavy (non-hydrogen) atoms. The summed E-state index contributed by atoms with van der Waals surface area (Å²) >= 11 is 0. The molecule has 17 atom stereocenters. The zero-order chi connectivity index (χ0) is 54.4. The fourth-order valence-corrected chi connectivity index (χ4v) is 23.4. The van der Waals surface area contributed by atoms with Crippen molar-refractivity contribution >= 4 is 22.5 Å². The second-order valence-corrected chi connectivity index (χ2v) is 28.7. The van der Waals surface area contributed by atoms with E-state index in [-0.39, 0.29) is 80.9 Å². The molecule has 7 spiro atoms. The number of aromatic carboxylic acids is 1. The average Bonchev–Trinajstić information content (AvgIpc) is 4.02. The molecule has 0 amide bonds. The molecule has 4 aliphatic heterocycles. The number of allylic oxidation sites excluding steroid dienone is 1. The summed E-state index contributed by atoms with van der Waals surface area (Å²) in [6.45, 7) is 3.38. The zero-order valence-corrected chi connectivity index (χ0v) is 46.4. The number of ketones is 1. The third-order valence-electron chi connectivity index (χ3n) is 25.9. The van der Waals surface area contributed by atoms with E-state index in [9.17, 15) is 45.3 Å². The Morgan fingerprint density at radius 1 is 0.861 bits per heavy atom. The number of fused-ring (bicyclic) bond motifs is 3. The van der Waals surface area contributed by atoms with Gasteiger partial charge < -0.3 is 54.7 Å². The number of carboxylic acids is 1. The molecule has 15 heteroatoms. The molecule has 9 aliphatic carbocycles. The van der Waals surface area contributed by atoms with Gasteiger partial charge in [-0.1, -0.05) is 38.2 Å². The number of phenols is 2. The van der Waals surface area contributed by atoms with E-state index in [1.165, 1.54) is 120 Å². The zero-order valence-electron chi connectivity index (χ0n) is 46.4. The number of aliphatic hydroxyl groups is 4. The Labute approximate surface area is 463 Å². The third kappa shape index (κ3) is 6.68. The molecular formula is C64H84N2O13. The van der Waals surface area contributed by atoms with Gasteiger partial charge in [0.2, 0.25) is 6.29 Å². The molecule has 428 valence electrons. The molecule has 13 aliphatic rings. The number of phenolic OH excluding ortho intramolecular Hbond substituents is 2. The number of rotatable bonds is 8. The van der Waals surface area contributed by atoms with Crippen LogP contribution in [0.4, 0.5) is 0 Å². The van der Waals surface area contributed by atoms with Crippen molar-refractivity contribution in [2.24, 2.45) is 56.7 Å². The second-order valence-electron chi connectivity index (χ2n) is 28.7. The van der Waals surface area contributed by atoms with Gasteiger partial charge in [-0.05, 0) is 210 Å². The number of Topliss-reactive ketones (excluding diaryl/α,β-unsaturated/α-hetero) is 1. The summed E-state index contributed by atoms with van der Waals surface area (Å²) in [6.07, 6.45) is 22.0. The van der Waals surface area contributed by atoms with E-state index in [4.69, 9.17) is 18.9 Å². The molecule has 11 fully saturated rings. The molecule has 2 aromatic rings. The molecule has 15 rings (SSSR count). The van der Waals surface area contributed by atoms with Crippen molar-refractivity contribution in [2.75, 3.05) is 26.4 Å². The Kier molecular flexibility index (Phi) is 11.7. The summed E-state index contributed by atoms with van der Waals surface area (Å²) in [4.78, 5) is 25.6. The Morgan fingerprint density at radius 3 is 2.46 bits per heavy atom. The van der Waals surface area contributed by atoms with Crippen molar-refractivity contribution in [2.45, 2.75) is 215 Å². The first-order chi connectivity index (χ1) is 38.0. The maximum Gasteiger partial charge on any atom is 0.335 e. The summed E-state index contributed by atoms with van der Waals surface area (Å²) in [5.74, 6) is -1.45. The fourth-order valence-electron chi connectivity index (χ4n) is 23.4. The van der Waals surface area contributed by atoms with Gasteiger partial charge in [0.15, 0.2) is 5.78 Å². The standard InChI is InChI=1S/C64H84N2O13/c1-34-47(35(2)69)51(71)48-40(50(34)70)23-36(55(74)75)24-44(48)77-56-52(72)54(73)64(46(28-68)78-56)26-43-49-41(12-13-42(49)62(79-64)17-4-3-5-18-62)60(16-8-22-67)33-76-29-37-25-58-30-59(27-45(58)65-66-63(43,32-58)53(37)60)19-14-39-10-6-9-38-11-7-15-57(38)20-21-61(39,59)31-57/h12,23-24,37-39,43,45-46,52-54,56,65-68,70-73H,3-11,13-22,25-33H2,1-2H3,(H,74,75)/t37-,38+,39+,43-,45-,46-,52-,53+,54-,56-,57-,58-,59+,60-,61-,63-,64-/m1/s1. The molecule has 15 nitrogen and oxygen atoms in total. The predicted octanol–water partition coefficient (Wildman–Crippen LogP) is 8.74. The number of benzene rings is 2. The minimum Gasteiger partial charge on any atom is -0.507 e. The van der Waals surface area contributed by atoms with E-state index in [0.717, 1.165) is 56.4 Å². The smallest absolute Gasteiger partial charge is 0.335 e. The number of aromatic hydroxyl groups is 2. The highest BCUT2D eigenvalue weighted by Gasteiger charge is 2.79. The maximum atomic E-state index is 13.4. The summed E-state index contributed by atoms with van der Waals surface area (Å²) in [5.41, 5.74) is 9.49. The highest BCUT2D eigenvalue weighted by molar-refractivity contribution is 6.11. The van der Waals surface area contributed by atoms with Crippen LogP contribution in [-0.4, -0.2) is 121 Å². The largest absolute Gasteiger partial charge is 0.507 e. The maximum absolute atomic E-state index is 13.4. The molecule has 3 saturated heterocycles. The van der Waals surface area contributed by atoms with Crippen molar-refractivity contribution in [1.29, 1.82) is 0 Å². The van der Waals surface area contributed by atoms with Crippen LogP contribution >= 0.6 is 0 Å². The van der Waals surface area contributed by atoms with Gasteiger partial charge in [-0.3, -0.25) is 15.6 Å². The van der Waals surface area contributed by atoms with Gasteiger partial charge >= 0.3 is 5.97 Å². The summed E-state index contributed by atoms with van der Waals surface area (Å²) in [7, 11) is 0. The van der Waals surface area contributed by atoms with Gasteiger partial charge in [-0.2, -0.15) is 0 Å². The SMILES string of the molecule is CC(=O)c1c(C)c(O)c2cc(C(=O)O)cc(O[C@@H]3O[C@H](CO)[C@]4(C[C@@H]5C6=C(CC=C6[C@@]6(CCCO)COC[C@H]7C[C@@]89C[C@]5(NN[C@@H]8C[C@@]5(CC[C@@H]8CCC[C@H]%10CCC[C@]%10%11CC[C@@]85C%11)C9)[C@@H]76)C5(CCCCC5)O4)[C@H](O)[C@H]3O)c2c1O. The van der Waals surface area contributed by atoms with Crippen LogP contribution in [0.2, 0.25) is 0 Å². The second kappa shape index (κ2) is 17.7. The van der Waals surface area contributed by atoms with Crippen molar-refractivity contribution in [1.82, 2.24) is 10.9 Å². The molecule has 4 bridgehead atoms. The lowest BCUT2D eigenvalue weighted by molar-refractivity contribution is -0.346. The van der Waals surface area contributed by atoms with E-state index >= 15 is 0 Å². The van der Waals surface area contributed by atoms with E-state index in [1.807, 2.05) is 0 Å². The molecule has 9 N–H and O–H groups in total. The quantitative estimate of drug-likeness (QED) is 0.0888. The minimum atomic E-state index is -1.83. The lowest BCUT2D eigenvalue weighted by Crippen LogP contribution is -2.81. The number of nitrogens with one attached hydrogen (secondary N) is 2. The lowest BCUT2D eigenvalue weighted by Gasteiger charge is -2.72. The highest BCUT2D eigenvalue weighted by Crippen LogP contribution is 2.82. The molecule has 0 aromatic heterocycles. The van der Waals surface area contributed by atoms with Crippen molar-refractivity contribution in [3.8, 4) is 17.2 Å². The van der Waals surface area contributed by atoms with Gasteiger partial charge in [0.25, 0.3) is 0 Å². The summed E-state index contributed by atoms with van der Waals surface area (Å²) < 4.78 is 28.2.